The van der Waals surface area contributed by atoms with Gasteiger partial charge in [-0.05, 0) is 43.5 Å². The van der Waals surface area contributed by atoms with E-state index in [0.717, 1.165) is 36.8 Å². The number of halogens is 1. The van der Waals surface area contributed by atoms with Gasteiger partial charge in [0.1, 0.15) is 0 Å². The van der Waals surface area contributed by atoms with Gasteiger partial charge in [-0.25, -0.2) is 4.98 Å². The summed E-state index contributed by atoms with van der Waals surface area (Å²) in [5.74, 6) is 0.601. The molecule has 0 spiro atoms. The van der Waals surface area contributed by atoms with Crippen LogP contribution in [0.1, 0.15) is 43.2 Å². The van der Waals surface area contributed by atoms with Crippen molar-refractivity contribution in [1.29, 1.82) is 0 Å². The first-order valence-electron chi connectivity index (χ1n) is 8.63. The first-order valence-corrected chi connectivity index (χ1v) is 9.01. The number of carbonyl (C=O) groups excluding carboxylic acids is 1. The molecule has 0 aliphatic heterocycles. The number of anilines is 1. The van der Waals surface area contributed by atoms with Gasteiger partial charge in [0.25, 0.3) is 0 Å². The molecule has 0 saturated heterocycles. The van der Waals surface area contributed by atoms with Crippen LogP contribution in [0.15, 0.2) is 36.5 Å². The van der Waals surface area contributed by atoms with E-state index in [-0.39, 0.29) is 5.91 Å². The van der Waals surface area contributed by atoms with Crippen molar-refractivity contribution in [1.82, 2.24) is 4.98 Å². The van der Waals surface area contributed by atoms with Gasteiger partial charge in [-0.1, -0.05) is 43.0 Å². The van der Waals surface area contributed by atoms with Gasteiger partial charge in [0.15, 0.2) is 0 Å². The molecule has 1 aliphatic carbocycles. The van der Waals surface area contributed by atoms with Crippen molar-refractivity contribution in [2.24, 2.45) is 0 Å². The molecule has 132 valence electrons. The maximum absolute atomic E-state index is 13.2. The second-order valence-corrected chi connectivity index (χ2v) is 7.09. The van der Waals surface area contributed by atoms with E-state index in [4.69, 9.17) is 16.3 Å². The first-order chi connectivity index (χ1) is 12.0. The van der Waals surface area contributed by atoms with Crippen LogP contribution in [0.4, 0.5) is 5.69 Å². The Hall–Kier alpha value is -2.07. The summed E-state index contributed by atoms with van der Waals surface area (Å²) in [6.45, 7) is 1.91. The normalized spacial score (nSPS) is 16.3. The molecule has 0 atom stereocenters. The Morgan fingerprint density at radius 2 is 1.88 bits per heavy atom. The van der Waals surface area contributed by atoms with Crippen LogP contribution in [0.5, 0.6) is 5.88 Å². The van der Waals surface area contributed by atoms with Crippen LogP contribution in [0.3, 0.4) is 0 Å². The number of hydrogen-bond acceptors (Lipinski definition) is 3. The Morgan fingerprint density at radius 3 is 2.48 bits per heavy atom. The third kappa shape index (κ3) is 3.64. The number of nitrogens with zero attached hydrogens (tertiary/aromatic N) is 1. The number of carbonyl (C=O) groups is 1. The Kier molecular flexibility index (Phi) is 5.28. The summed E-state index contributed by atoms with van der Waals surface area (Å²) in [7, 11) is 1.59. The molecule has 1 aromatic heterocycles. The monoisotopic (exact) mass is 358 g/mol. The van der Waals surface area contributed by atoms with Crippen molar-refractivity contribution in [2.75, 3.05) is 12.4 Å². The third-order valence-electron chi connectivity index (χ3n) is 5.02. The summed E-state index contributed by atoms with van der Waals surface area (Å²) >= 11 is 6.03. The Morgan fingerprint density at radius 1 is 1.20 bits per heavy atom. The molecule has 0 unspecified atom stereocenters. The maximum Gasteiger partial charge on any atom is 0.235 e. The van der Waals surface area contributed by atoms with Crippen molar-refractivity contribution < 1.29 is 9.53 Å². The van der Waals surface area contributed by atoms with Gasteiger partial charge in [0.05, 0.1) is 24.4 Å². The molecular weight excluding hydrogens is 336 g/mol. The molecule has 1 aromatic carbocycles. The van der Waals surface area contributed by atoms with Crippen molar-refractivity contribution in [3.63, 3.8) is 0 Å². The fraction of sp³-hybridized carbons (Fsp3) is 0.400. The van der Waals surface area contributed by atoms with Crippen molar-refractivity contribution in [3.8, 4) is 5.88 Å². The van der Waals surface area contributed by atoms with Gasteiger partial charge in [0.2, 0.25) is 11.8 Å². The van der Waals surface area contributed by atoms with Crippen LogP contribution < -0.4 is 10.1 Å². The van der Waals surface area contributed by atoms with Crippen molar-refractivity contribution >= 4 is 23.2 Å². The number of rotatable bonds is 4. The molecule has 1 fully saturated rings. The van der Waals surface area contributed by atoms with E-state index in [1.54, 1.807) is 13.3 Å². The van der Waals surface area contributed by atoms with Gasteiger partial charge in [-0.2, -0.15) is 0 Å². The lowest BCUT2D eigenvalue weighted by Gasteiger charge is -2.36. The van der Waals surface area contributed by atoms with Crippen LogP contribution in [-0.4, -0.2) is 18.0 Å². The zero-order valence-electron chi connectivity index (χ0n) is 14.6. The van der Waals surface area contributed by atoms with E-state index in [1.165, 1.54) is 6.42 Å². The number of methoxy groups -OCH3 is 1. The van der Waals surface area contributed by atoms with Crippen molar-refractivity contribution in [3.05, 3.63) is 52.7 Å². The summed E-state index contributed by atoms with van der Waals surface area (Å²) in [6.07, 6.45) is 6.62. The smallest absolute Gasteiger partial charge is 0.235 e. The predicted octanol–water partition coefficient (Wildman–Crippen LogP) is 4.89. The summed E-state index contributed by atoms with van der Waals surface area (Å²) in [5, 5.41) is 3.75. The largest absolute Gasteiger partial charge is 0.481 e. The molecule has 4 nitrogen and oxygen atoms in total. The number of nitrogens with one attached hydrogen (secondary N) is 1. The van der Waals surface area contributed by atoms with Gasteiger partial charge in [-0.3, -0.25) is 4.79 Å². The highest BCUT2D eigenvalue weighted by atomic mass is 35.5. The average molecular weight is 359 g/mol. The number of hydrogen-bond donors (Lipinski definition) is 1. The number of ether oxygens (including phenoxy) is 1. The zero-order valence-corrected chi connectivity index (χ0v) is 15.4. The number of benzene rings is 1. The molecule has 2 aromatic rings. The number of pyridine rings is 1. The molecule has 1 aliphatic rings. The number of aromatic nitrogens is 1. The topological polar surface area (TPSA) is 51.2 Å². The second kappa shape index (κ2) is 7.44. The fourth-order valence-corrected chi connectivity index (χ4v) is 3.79. The molecule has 1 amide bonds. The van der Waals surface area contributed by atoms with Crippen LogP contribution in [0.25, 0.3) is 0 Å². The minimum absolute atomic E-state index is 0.0286. The average Bonchev–Trinajstić information content (AvgIpc) is 2.63. The maximum atomic E-state index is 13.2. The van der Waals surface area contributed by atoms with E-state index in [9.17, 15) is 4.79 Å². The molecule has 1 saturated carbocycles. The van der Waals surface area contributed by atoms with E-state index < -0.39 is 5.41 Å². The molecule has 5 heteroatoms. The number of aryl methyl sites for hydroxylation is 1. The lowest BCUT2D eigenvalue weighted by Crippen LogP contribution is -2.42. The summed E-state index contributed by atoms with van der Waals surface area (Å²) in [4.78, 5) is 17.5. The van der Waals surface area contributed by atoms with E-state index in [0.29, 0.717) is 16.6 Å². The van der Waals surface area contributed by atoms with Crippen molar-refractivity contribution in [2.45, 2.75) is 44.4 Å². The molecule has 3 rings (SSSR count). The second-order valence-electron chi connectivity index (χ2n) is 6.65. The Balaban J connectivity index is 1.89. The zero-order chi connectivity index (χ0) is 17.9. The van der Waals surface area contributed by atoms with Crippen LogP contribution in [-0.2, 0) is 10.2 Å². The Labute approximate surface area is 153 Å². The lowest BCUT2D eigenvalue weighted by molar-refractivity contribution is -0.122. The highest BCUT2D eigenvalue weighted by molar-refractivity contribution is 6.30. The standard InChI is InChI=1S/C20H23ClN2O2/c1-14-12-17(13-22-18(14)25-2)23-19(24)20(10-4-3-5-11-20)15-6-8-16(21)9-7-15/h6-9,12-13H,3-5,10-11H2,1-2H3,(H,23,24). The van der Waals surface area contributed by atoms with Gasteiger partial charge in [0, 0.05) is 10.6 Å². The SMILES string of the molecule is COc1ncc(NC(=O)C2(c3ccc(Cl)cc3)CCCCC2)cc1C. The highest BCUT2D eigenvalue weighted by Crippen LogP contribution is 2.41. The number of amides is 1. The van der Waals surface area contributed by atoms with Gasteiger partial charge in [-0.15, -0.1) is 0 Å². The van der Waals surface area contributed by atoms with E-state index >= 15 is 0 Å². The molecule has 1 heterocycles. The first kappa shape index (κ1) is 17.7. The van der Waals surface area contributed by atoms with E-state index in [2.05, 4.69) is 10.3 Å². The summed E-state index contributed by atoms with van der Waals surface area (Å²) < 4.78 is 5.19. The highest BCUT2D eigenvalue weighted by Gasteiger charge is 2.41. The van der Waals surface area contributed by atoms with Crippen LogP contribution in [0.2, 0.25) is 5.02 Å². The minimum atomic E-state index is -0.503. The molecule has 0 bridgehead atoms. The summed E-state index contributed by atoms with van der Waals surface area (Å²) in [6, 6.07) is 9.57. The van der Waals surface area contributed by atoms with Crippen LogP contribution in [0, 0.1) is 6.92 Å². The van der Waals surface area contributed by atoms with Gasteiger partial charge < -0.3 is 10.1 Å². The Bertz CT molecular complexity index is 753. The third-order valence-corrected chi connectivity index (χ3v) is 5.27. The molecule has 0 radical (unpaired) electrons. The molecular formula is C20H23ClN2O2. The molecule has 25 heavy (non-hydrogen) atoms. The van der Waals surface area contributed by atoms with E-state index in [1.807, 2.05) is 37.3 Å². The summed E-state index contributed by atoms with van der Waals surface area (Å²) in [5.41, 5.74) is 2.12. The lowest BCUT2D eigenvalue weighted by atomic mass is 9.68. The predicted molar refractivity (Wildman–Crippen MR) is 100 cm³/mol. The molecule has 1 N–H and O–H groups in total. The van der Waals surface area contributed by atoms with Crippen LogP contribution >= 0.6 is 11.6 Å². The fourth-order valence-electron chi connectivity index (χ4n) is 3.67. The minimum Gasteiger partial charge on any atom is -0.481 e. The quantitative estimate of drug-likeness (QED) is 0.846. The van der Waals surface area contributed by atoms with Gasteiger partial charge >= 0.3 is 0 Å².